The zero-order valence-corrected chi connectivity index (χ0v) is 15.1. The van der Waals surface area contributed by atoms with Crippen LogP contribution in [0.4, 0.5) is 0 Å². The molecule has 0 N–H and O–H groups in total. The van der Waals surface area contributed by atoms with Gasteiger partial charge in [-0.1, -0.05) is 43.7 Å². The molecule has 1 aliphatic rings. The zero-order valence-electron chi connectivity index (χ0n) is 14.3. The largest absolute Gasteiger partial charge is 0.501 e. The molecule has 1 saturated heterocycles. The van der Waals surface area contributed by atoms with E-state index < -0.39 is 9.84 Å². The Kier molecular flexibility index (Phi) is 6.28. The van der Waals surface area contributed by atoms with Gasteiger partial charge in [-0.15, -0.1) is 0 Å². The fourth-order valence-corrected chi connectivity index (χ4v) is 4.93. The van der Waals surface area contributed by atoms with E-state index in [9.17, 15) is 8.42 Å². The number of ether oxygens (including phenoxy) is 1. The van der Waals surface area contributed by atoms with Gasteiger partial charge < -0.3 is 4.74 Å². The number of allylic oxidation sites excluding steroid dienone is 1. The van der Waals surface area contributed by atoms with Crippen molar-refractivity contribution in [1.29, 1.82) is 0 Å². The van der Waals surface area contributed by atoms with Crippen LogP contribution >= 0.6 is 0 Å². The summed E-state index contributed by atoms with van der Waals surface area (Å²) in [5.74, 6) is 0.712. The Balaban J connectivity index is 1.76. The van der Waals surface area contributed by atoms with E-state index in [0.29, 0.717) is 18.1 Å². The molecular weight excluding hydrogens is 308 g/mol. The summed E-state index contributed by atoms with van der Waals surface area (Å²) in [6.07, 6.45) is 6.54. The van der Waals surface area contributed by atoms with Crippen LogP contribution in [0.5, 0.6) is 0 Å². The molecule has 2 rings (SSSR count). The van der Waals surface area contributed by atoms with Crippen LogP contribution in [-0.2, 0) is 14.6 Å². The minimum Gasteiger partial charge on any atom is -0.501 e. The summed E-state index contributed by atoms with van der Waals surface area (Å²) in [4.78, 5) is 0. The van der Waals surface area contributed by atoms with E-state index in [1.807, 2.05) is 24.5 Å². The van der Waals surface area contributed by atoms with Gasteiger partial charge in [0.15, 0.2) is 0 Å². The van der Waals surface area contributed by atoms with Crippen molar-refractivity contribution in [2.45, 2.75) is 46.0 Å². The Labute approximate surface area is 140 Å². The first-order chi connectivity index (χ1) is 11.0. The van der Waals surface area contributed by atoms with Gasteiger partial charge in [0.25, 0.3) is 0 Å². The predicted octanol–water partition coefficient (Wildman–Crippen LogP) is 4.45. The Morgan fingerprint density at radius 3 is 2.48 bits per heavy atom. The highest BCUT2D eigenvalue weighted by atomic mass is 32.2. The monoisotopic (exact) mass is 336 g/mol. The van der Waals surface area contributed by atoms with Gasteiger partial charge in [0.2, 0.25) is 0 Å². The lowest BCUT2D eigenvalue weighted by atomic mass is 9.76. The Morgan fingerprint density at radius 2 is 1.87 bits per heavy atom. The summed E-state index contributed by atoms with van der Waals surface area (Å²) in [6, 6.07) is 10.2. The number of hydrogen-bond donors (Lipinski definition) is 0. The summed E-state index contributed by atoms with van der Waals surface area (Å²) < 4.78 is 28.9. The van der Waals surface area contributed by atoms with Gasteiger partial charge in [-0.25, -0.2) is 8.42 Å². The number of hydrogen-bond acceptors (Lipinski definition) is 3. The summed E-state index contributed by atoms with van der Waals surface area (Å²) in [7, 11) is -2.78. The molecular formula is C19H28O3S. The quantitative estimate of drug-likeness (QED) is 0.546. The van der Waals surface area contributed by atoms with Gasteiger partial charge in [-0.2, -0.15) is 0 Å². The first-order valence-electron chi connectivity index (χ1n) is 8.51. The standard InChI is InChI=1S/C19H28O3S/c1-3-19(11-14-23(20,21)15-12-19)10-7-13-22-16-17(2)18-8-5-4-6-9-18/h4-6,8-9,16H,3,7,10-15H2,1-2H3/b17-16-. The average Bonchev–Trinajstić information content (AvgIpc) is 2.57. The van der Waals surface area contributed by atoms with Crippen LogP contribution in [-0.4, -0.2) is 26.5 Å². The third-order valence-corrected chi connectivity index (χ3v) is 6.75. The van der Waals surface area contributed by atoms with Gasteiger partial charge in [0.05, 0.1) is 24.4 Å². The summed E-state index contributed by atoms with van der Waals surface area (Å²) in [5.41, 5.74) is 2.50. The molecule has 0 unspecified atom stereocenters. The molecule has 0 bridgehead atoms. The molecule has 23 heavy (non-hydrogen) atoms. The Hall–Kier alpha value is -1.29. The second-order valence-electron chi connectivity index (χ2n) is 6.65. The fraction of sp³-hybridized carbons (Fsp3) is 0.579. The second kappa shape index (κ2) is 8.00. The summed E-state index contributed by atoms with van der Waals surface area (Å²) >= 11 is 0. The number of benzene rings is 1. The maximum Gasteiger partial charge on any atom is 0.150 e. The topological polar surface area (TPSA) is 43.4 Å². The number of sulfone groups is 1. The van der Waals surface area contributed by atoms with Crippen LogP contribution in [0, 0.1) is 5.41 Å². The molecule has 1 heterocycles. The molecule has 4 heteroatoms. The Morgan fingerprint density at radius 1 is 1.22 bits per heavy atom. The smallest absolute Gasteiger partial charge is 0.150 e. The average molecular weight is 336 g/mol. The van der Waals surface area contributed by atoms with E-state index in [0.717, 1.165) is 37.7 Å². The zero-order chi connectivity index (χ0) is 16.8. The second-order valence-corrected chi connectivity index (χ2v) is 8.95. The van der Waals surface area contributed by atoms with Crippen molar-refractivity contribution in [2.75, 3.05) is 18.1 Å². The molecule has 3 nitrogen and oxygen atoms in total. The minimum absolute atomic E-state index is 0.201. The molecule has 0 atom stereocenters. The molecule has 0 aromatic heterocycles. The lowest BCUT2D eigenvalue weighted by Crippen LogP contribution is -2.33. The van der Waals surface area contributed by atoms with Crippen molar-refractivity contribution in [3.63, 3.8) is 0 Å². The fourth-order valence-electron chi connectivity index (χ4n) is 3.23. The van der Waals surface area contributed by atoms with Crippen LogP contribution in [0.1, 0.15) is 51.5 Å². The van der Waals surface area contributed by atoms with Crippen molar-refractivity contribution < 1.29 is 13.2 Å². The molecule has 0 spiro atoms. The molecule has 0 saturated carbocycles. The highest BCUT2D eigenvalue weighted by molar-refractivity contribution is 7.91. The van der Waals surface area contributed by atoms with Crippen LogP contribution in [0.2, 0.25) is 0 Å². The molecule has 1 aromatic carbocycles. The third kappa shape index (κ3) is 5.38. The van der Waals surface area contributed by atoms with Crippen molar-refractivity contribution in [3.8, 4) is 0 Å². The summed E-state index contributed by atoms with van der Waals surface area (Å²) in [6.45, 7) is 4.92. The van der Waals surface area contributed by atoms with Gasteiger partial charge in [-0.05, 0) is 49.2 Å². The van der Waals surface area contributed by atoms with Gasteiger partial charge in [0, 0.05) is 0 Å². The first kappa shape index (κ1) is 18.1. The van der Waals surface area contributed by atoms with Crippen molar-refractivity contribution in [3.05, 3.63) is 42.2 Å². The van der Waals surface area contributed by atoms with Crippen LogP contribution in [0.25, 0.3) is 5.57 Å². The van der Waals surface area contributed by atoms with E-state index in [4.69, 9.17) is 4.74 Å². The van der Waals surface area contributed by atoms with Crippen molar-refractivity contribution >= 4 is 15.4 Å². The third-order valence-electron chi connectivity index (χ3n) is 5.10. The first-order valence-corrected chi connectivity index (χ1v) is 10.3. The molecule has 1 fully saturated rings. The van der Waals surface area contributed by atoms with Crippen molar-refractivity contribution in [2.24, 2.45) is 5.41 Å². The Bertz CT molecular complexity index is 603. The lowest BCUT2D eigenvalue weighted by Gasteiger charge is -2.36. The maximum absolute atomic E-state index is 11.6. The van der Waals surface area contributed by atoms with E-state index in [2.05, 4.69) is 26.0 Å². The lowest BCUT2D eigenvalue weighted by molar-refractivity contribution is 0.177. The predicted molar refractivity (Wildman–Crippen MR) is 95.9 cm³/mol. The number of rotatable bonds is 7. The molecule has 128 valence electrons. The van der Waals surface area contributed by atoms with Crippen molar-refractivity contribution in [1.82, 2.24) is 0 Å². The maximum atomic E-state index is 11.6. The molecule has 1 aliphatic heterocycles. The summed E-state index contributed by atoms with van der Waals surface area (Å²) in [5, 5.41) is 0. The highest BCUT2D eigenvalue weighted by Gasteiger charge is 2.35. The molecule has 0 amide bonds. The van der Waals surface area contributed by atoms with Crippen LogP contribution < -0.4 is 0 Å². The highest BCUT2D eigenvalue weighted by Crippen LogP contribution is 2.40. The van der Waals surface area contributed by atoms with E-state index in [1.165, 1.54) is 5.56 Å². The van der Waals surface area contributed by atoms with Gasteiger partial charge in [0.1, 0.15) is 9.84 Å². The van der Waals surface area contributed by atoms with Gasteiger partial charge >= 0.3 is 0 Å². The molecule has 0 radical (unpaired) electrons. The van der Waals surface area contributed by atoms with Crippen LogP contribution in [0.15, 0.2) is 36.6 Å². The molecule has 0 aliphatic carbocycles. The minimum atomic E-state index is -2.78. The normalized spacial score (nSPS) is 20.2. The van der Waals surface area contributed by atoms with E-state index >= 15 is 0 Å². The van der Waals surface area contributed by atoms with Crippen LogP contribution in [0.3, 0.4) is 0 Å². The van der Waals surface area contributed by atoms with E-state index in [1.54, 1.807) is 0 Å². The van der Waals surface area contributed by atoms with E-state index in [-0.39, 0.29) is 5.41 Å². The molecule has 1 aromatic rings. The SMILES string of the molecule is CCC1(CCCO/C=C(/C)c2ccccc2)CCS(=O)(=O)CC1. The van der Waals surface area contributed by atoms with Gasteiger partial charge in [-0.3, -0.25) is 0 Å².